The van der Waals surface area contributed by atoms with Gasteiger partial charge in [-0.3, -0.25) is 0 Å². The lowest BCUT2D eigenvalue weighted by atomic mass is 9.97. The Labute approximate surface area is 388 Å². The Balaban J connectivity index is 0.865. The van der Waals surface area contributed by atoms with Crippen molar-refractivity contribution in [3.8, 4) is 50.2 Å². The number of nitrogens with zero attached hydrogens (tertiary/aromatic N) is 2. The molecule has 0 amide bonds. The molecule has 0 saturated heterocycles. The first kappa shape index (κ1) is 38.5. The van der Waals surface area contributed by atoms with Crippen LogP contribution in [-0.4, -0.2) is 4.57 Å². The third kappa shape index (κ3) is 6.67. The molecule has 0 unspecified atom stereocenters. The molecule has 0 atom stereocenters. The zero-order chi connectivity index (χ0) is 44.3. The van der Waals surface area contributed by atoms with E-state index < -0.39 is 0 Å². The van der Waals surface area contributed by atoms with Crippen molar-refractivity contribution < 1.29 is 4.42 Å². The quantitative estimate of drug-likeness (QED) is 0.152. The molecule has 3 heteroatoms. The fraction of sp³-hybridized carbons (Fsp3) is 0. The SMILES string of the molecule is c1cc(-c2ccc(-c3ccc(N(c4ccc(-c5cccc6ccccc56)cc4)c4ccccc4-c4ccc5oc6ccccc6c5c4)cc3)cc2)cc(-n2c3ccccc3c3ccccc32)c1. The summed E-state index contributed by atoms with van der Waals surface area (Å²) in [6.07, 6.45) is 0. The smallest absolute Gasteiger partial charge is 0.135 e. The lowest BCUT2D eigenvalue weighted by Gasteiger charge is -2.28. The van der Waals surface area contributed by atoms with Crippen LogP contribution in [0.5, 0.6) is 0 Å². The maximum absolute atomic E-state index is 6.24. The molecule has 2 heterocycles. The first-order valence-electron chi connectivity index (χ1n) is 22.9. The highest BCUT2D eigenvalue weighted by Crippen LogP contribution is 2.44. The summed E-state index contributed by atoms with van der Waals surface area (Å²) in [7, 11) is 0. The van der Waals surface area contributed by atoms with Crippen molar-refractivity contribution in [3.05, 3.63) is 255 Å². The average Bonchev–Trinajstić information content (AvgIpc) is 3.95. The summed E-state index contributed by atoms with van der Waals surface area (Å²) in [6.45, 7) is 0. The van der Waals surface area contributed by atoms with Gasteiger partial charge in [0.1, 0.15) is 11.2 Å². The van der Waals surface area contributed by atoms with Gasteiger partial charge in [-0.15, -0.1) is 0 Å². The summed E-state index contributed by atoms with van der Waals surface area (Å²) in [6, 6.07) is 91.9. The number of anilines is 3. The molecule has 0 aliphatic heterocycles. The van der Waals surface area contributed by atoms with Crippen LogP contribution in [0.3, 0.4) is 0 Å². The zero-order valence-corrected chi connectivity index (χ0v) is 36.6. The monoisotopic (exact) mass is 854 g/mol. The molecule has 13 rings (SSSR count). The number of benzene rings is 11. The molecule has 0 aliphatic carbocycles. The van der Waals surface area contributed by atoms with Crippen molar-refractivity contribution in [1.82, 2.24) is 4.57 Å². The van der Waals surface area contributed by atoms with Crippen LogP contribution in [0.25, 0.3) is 105 Å². The Hall–Kier alpha value is -8.92. The third-order valence-electron chi connectivity index (χ3n) is 13.4. The van der Waals surface area contributed by atoms with Gasteiger partial charge < -0.3 is 13.9 Å². The van der Waals surface area contributed by atoms with Crippen molar-refractivity contribution in [2.75, 3.05) is 4.90 Å². The zero-order valence-electron chi connectivity index (χ0n) is 36.6. The number of hydrogen-bond donors (Lipinski definition) is 0. The second-order valence-electron chi connectivity index (χ2n) is 17.3. The lowest BCUT2D eigenvalue weighted by molar-refractivity contribution is 0.669. The van der Waals surface area contributed by atoms with Gasteiger partial charge in [0.05, 0.1) is 16.7 Å². The maximum Gasteiger partial charge on any atom is 0.135 e. The minimum Gasteiger partial charge on any atom is -0.456 e. The Bertz CT molecular complexity index is 3910. The molecule has 0 aliphatic rings. The van der Waals surface area contributed by atoms with Crippen molar-refractivity contribution in [2.24, 2.45) is 0 Å². The molecular weight excluding hydrogens is 813 g/mol. The van der Waals surface area contributed by atoms with Gasteiger partial charge in [-0.2, -0.15) is 0 Å². The first-order valence-corrected chi connectivity index (χ1v) is 22.9. The predicted octanol–water partition coefficient (Wildman–Crippen LogP) is 18.0. The number of rotatable bonds is 8. The van der Waals surface area contributed by atoms with Crippen LogP contribution in [0.15, 0.2) is 259 Å². The van der Waals surface area contributed by atoms with Crippen molar-refractivity contribution >= 4 is 71.6 Å². The van der Waals surface area contributed by atoms with E-state index in [1.54, 1.807) is 0 Å². The molecule has 0 fully saturated rings. The molecule has 0 spiro atoms. The van der Waals surface area contributed by atoms with E-state index in [9.17, 15) is 0 Å². The first-order chi connectivity index (χ1) is 33.2. The van der Waals surface area contributed by atoms with Gasteiger partial charge in [-0.05, 0) is 123 Å². The highest BCUT2D eigenvalue weighted by molar-refractivity contribution is 6.10. The van der Waals surface area contributed by atoms with E-state index in [0.717, 1.165) is 61.4 Å². The van der Waals surface area contributed by atoms with Gasteiger partial charge >= 0.3 is 0 Å². The Morgan fingerprint density at radius 1 is 0.299 bits per heavy atom. The normalized spacial score (nSPS) is 11.6. The summed E-state index contributed by atoms with van der Waals surface area (Å²) >= 11 is 0. The number of hydrogen-bond acceptors (Lipinski definition) is 2. The van der Waals surface area contributed by atoms with E-state index in [1.165, 1.54) is 60.4 Å². The standard InChI is InChI=1S/C64H42N2O/c1-2-17-53-46(13-1)14-12-22-54(53)47-33-38-51(39-34-47)65(60-23-7-3-18-55(60)49-35-40-64-59(42-49)58-21-6-10-26-63(58)67-64)50-36-31-44(32-37-50)43-27-29-45(30-28-43)48-15-11-16-52(41-48)66-61-24-8-4-19-56(61)57-20-5-9-25-62(57)66/h1-42H. The number of fused-ring (bicyclic) bond motifs is 7. The third-order valence-corrected chi connectivity index (χ3v) is 13.4. The van der Waals surface area contributed by atoms with E-state index in [1.807, 2.05) is 12.1 Å². The Kier molecular flexibility index (Phi) is 9.17. The Morgan fingerprint density at radius 2 is 0.806 bits per heavy atom. The molecular formula is C64H42N2O. The van der Waals surface area contributed by atoms with Gasteiger partial charge in [0.15, 0.2) is 0 Å². The lowest BCUT2D eigenvalue weighted by Crippen LogP contribution is -2.11. The van der Waals surface area contributed by atoms with Crippen LogP contribution in [0.2, 0.25) is 0 Å². The second kappa shape index (κ2) is 16.0. The minimum atomic E-state index is 0.889. The molecule has 0 bridgehead atoms. The summed E-state index contributed by atoms with van der Waals surface area (Å²) < 4.78 is 8.62. The van der Waals surface area contributed by atoms with Crippen LogP contribution in [-0.2, 0) is 0 Å². The predicted molar refractivity (Wildman–Crippen MR) is 282 cm³/mol. The summed E-state index contributed by atoms with van der Waals surface area (Å²) in [5.41, 5.74) is 18.0. The van der Waals surface area contributed by atoms with Crippen LogP contribution in [0.1, 0.15) is 0 Å². The largest absolute Gasteiger partial charge is 0.456 e. The van der Waals surface area contributed by atoms with Crippen molar-refractivity contribution in [2.45, 2.75) is 0 Å². The van der Waals surface area contributed by atoms with Gasteiger partial charge in [0.25, 0.3) is 0 Å². The van der Waals surface area contributed by atoms with Gasteiger partial charge in [0, 0.05) is 44.2 Å². The number of aromatic nitrogens is 1. The Morgan fingerprint density at radius 3 is 1.54 bits per heavy atom. The van der Waals surface area contributed by atoms with Crippen LogP contribution in [0, 0.1) is 0 Å². The summed E-state index contributed by atoms with van der Waals surface area (Å²) in [5.74, 6) is 0. The van der Waals surface area contributed by atoms with Gasteiger partial charge in [-0.1, -0.05) is 182 Å². The van der Waals surface area contributed by atoms with E-state index in [2.05, 4.69) is 252 Å². The fourth-order valence-corrected chi connectivity index (χ4v) is 10.2. The number of para-hydroxylation sites is 4. The maximum atomic E-state index is 6.24. The minimum absolute atomic E-state index is 0.889. The highest BCUT2D eigenvalue weighted by atomic mass is 16.3. The molecule has 2 aromatic heterocycles. The average molecular weight is 855 g/mol. The van der Waals surface area contributed by atoms with Crippen LogP contribution < -0.4 is 4.90 Å². The molecule has 13 aromatic rings. The molecule has 11 aromatic carbocycles. The van der Waals surface area contributed by atoms with Crippen molar-refractivity contribution in [1.29, 1.82) is 0 Å². The molecule has 0 N–H and O–H groups in total. The summed E-state index contributed by atoms with van der Waals surface area (Å²) in [5, 5.41) is 7.25. The topological polar surface area (TPSA) is 21.3 Å². The van der Waals surface area contributed by atoms with Gasteiger partial charge in [-0.25, -0.2) is 0 Å². The molecule has 0 radical (unpaired) electrons. The molecule has 0 saturated carbocycles. The van der Waals surface area contributed by atoms with E-state index in [0.29, 0.717) is 0 Å². The van der Waals surface area contributed by atoms with E-state index >= 15 is 0 Å². The highest BCUT2D eigenvalue weighted by Gasteiger charge is 2.19. The fourth-order valence-electron chi connectivity index (χ4n) is 10.2. The van der Waals surface area contributed by atoms with Crippen molar-refractivity contribution in [3.63, 3.8) is 0 Å². The van der Waals surface area contributed by atoms with Gasteiger partial charge in [0.2, 0.25) is 0 Å². The second-order valence-corrected chi connectivity index (χ2v) is 17.3. The van der Waals surface area contributed by atoms with Crippen LogP contribution >= 0.6 is 0 Å². The number of furan rings is 1. The van der Waals surface area contributed by atoms with E-state index in [4.69, 9.17) is 4.42 Å². The molecule has 67 heavy (non-hydrogen) atoms. The summed E-state index contributed by atoms with van der Waals surface area (Å²) in [4.78, 5) is 2.39. The molecule has 3 nitrogen and oxygen atoms in total. The van der Waals surface area contributed by atoms with E-state index in [-0.39, 0.29) is 0 Å². The molecule has 314 valence electrons. The van der Waals surface area contributed by atoms with Crippen LogP contribution in [0.4, 0.5) is 17.1 Å².